The van der Waals surface area contributed by atoms with Gasteiger partial charge in [-0.2, -0.15) is 0 Å². The van der Waals surface area contributed by atoms with E-state index in [0.717, 1.165) is 5.56 Å². The van der Waals surface area contributed by atoms with Crippen LogP contribution < -0.4 is 0 Å². The van der Waals surface area contributed by atoms with Gasteiger partial charge in [-0.1, -0.05) is 27.8 Å². The minimum Gasteiger partial charge on any atom is -0.465 e. The van der Waals surface area contributed by atoms with Crippen LogP contribution in [0.4, 0.5) is 0 Å². The lowest BCUT2D eigenvalue weighted by atomic mass is 10.3. The molecule has 0 bridgehead atoms. The molecule has 0 spiro atoms. The average Bonchev–Trinajstić information content (AvgIpc) is 2.62. The molecule has 4 heteroatoms. The summed E-state index contributed by atoms with van der Waals surface area (Å²) in [5.74, 6) is 5.45. The van der Waals surface area contributed by atoms with Crippen molar-refractivity contribution in [2.45, 2.75) is 0 Å². The topological polar surface area (TPSA) is 26.3 Å². The van der Waals surface area contributed by atoms with Crippen LogP contribution in [0, 0.1) is 11.8 Å². The van der Waals surface area contributed by atoms with Gasteiger partial charge >= 0.3 is 5.97 Å². The predicted octanol–water partition coefficient (Wildman–Crippen LogP) is 2.28. The van der Waals surface area contributed by atoms with Crippen LogP contribution in [-0.4, -0.2) is 18.4 Å². The van der Waals surface area contributed by atoms with Crippen LogP contribution in [-0.2, 0) is 4.74 Å². The van der Waals surface area contributed by atoms with Gasteiger partial charge in [-0.3, -0.25) is 0 Å². The number of thiophene rings is 1. The average molecular weight is 259 g/mol. The van der Waals surface area contributed by atoms with Crippen LogP contribution in [0.1, 0.15) is 15.2 Å². The molecule has 13 heavy (non-hydrogen) atoms. The fraction of sp³-hybridized carbons (Fsp3) is 0.222. The van der Waals surface area contributed by atoms with Gasteiger partial charge in [-0.15, -0.1) is 11.3 Å². The minimum atomic E-state index is -0.308. The van der Waals surface area contributed by atoms with E-state index in [1.165, 1.54) is 18.4 Å². The van der Waals surface area contributed by atoms with Crippen molar-refractivity contribution in [1.29, 1.82) is 0 Å². The zero-order valence-electron chi connectivity index (χ0n) is 6.96. The van der Waals surface area contributed by atoms with E-state index in [0.29, 0.717) is 10.2 Å². The number of methoxy groups -OCH3 is 1. The van der Waals surface area contributed by atoms with Gasteiger partial charge in [0.1, 0.15) is 4.88 Å². The lowest BCUT2D eigenvalue weighted by Crippen LogP contribution is -1.96. The van der Waals surface area contributed by atoms with Crippen molar-refractivity contribution < 1.29 is 9.53 Å². The van der Waals surface area contributed by atoms with Crippen LogP contribution in [0.15, 0.2) is 11.4 Å². The van der Waals surface area contributed by atoms with Crippen LogP contribution in [0.2, 0.25) is 0 Å². The van der Waals surface area contributed by atoms with Gasteiger partial charge in [0, 0.05) is 10.9 Å². The van der Waals surface area contributed by atoms with Crippen molar-refractivity contribution >= 4 is 33.2 Å². The SMILES string of the molecule is COC(=O)c1cc(C#CCBr)cs1. The van der Waals surface area contributed by atoms with E-state index >= 15 is 0 Å². The Bertz CT molecular complexity index is 359. The van der Waals surface area contributed by atoms with E-state index in [-0.39, 0.29) is 5.97 Å². The predicted molar refractivity (Wildman–Crippen MR) is 56.3 cm³/mol. The van der Waals surface area contributed by atoms with Crippen molar-refractivity contribution in [3.8, 4) is 11.8 Å². The second kappa shape index (κ2) is 5.05. The van der Waals surface area contributed by atoms with Crippen LogP contribution >= 0.6 is 27.3 Å². The molecule has 2 nitrogen and oxygen atoms in total. The molecule has 0 radical (unpaired) electrons. The van der Waals surface area contributed by atoms with Crippen molar-refractivity contribution in [1.82, 2.24) is 0 Å². The molecule has 0 aromatic carbocycles. The van der Waals surface area contributed by atoms with Crippen LogP contribution in [0.5, 0.6) is 0 Å². The molecular weight excluding hydrogens is 252 g/mol. The quantitative estimate of drug-likeness (QED) is 0.439. The normalized spacial score (nSPS) is 8.77. The first kappa shape index (κ1) is 10.3. The first-order valence-corrected chi connectivity index (χ1v) is 5.49. The summed E-state index contributed by atoms with van der Waals surface area (Å²) >= 11 is 4.53. The van der Waals surface area contributed by atoms with Crippen molar-refractivity contribution in [2.24, 2.45) is 0 Å². The molecule has 0 saturated carbocycles. The Morgan fingerprint density at radius 2 is 2.54 bits per heavy atom. The first-order chi connectivity index (χ1) is 6.27. The molecule has 0 N–H and O–H groups in total. The molecule has 1 heterocycles. The molecule has 0 unspecified atom stereocenters. The first-order valence-electron chi connectivity index (χ1n) is 3.49. The molecular formula is C9H7BrO2S. The van der Waals surface area contributed by atoms with E-state index in [1.807, 2.05) is 5.38 Å². The van der Waals surface area contributed by atoms with Crippen molar-refractivity contribution in [3.05, 3.63) is 21.9 Å². The maximum Gasteiger partial charge on any atom is 0.348 e. The van der Waals surface area contributed by atoms with Gasteiger partial charge in [-0.25, -0.2) is 4.79 Å². The fourth-order valence-corrected chi connectivity index (χ4v) is 1.64. The van der Waals surface area contributed by atoms with Gasteiger partial charge in [0.05, 0.1) is 12.4 Å². The van der Waals surface area contributed by atoms with Gasteiger partial charge in [-0.05, 0) is 6.07 Å². The monoisotopic (exact) mass is 258 g/mol. The number of esters is 1. The summed E-state index contributed by atoms with van der Waals surface area (Å²) in [5, 5.41) is 2.47. The number of ether oxygens (including phenoxy) is 1. The Kier molecular flexibility index (Phi) is 4.00. The zero-order valence-corrected chi connectivity index (χ0v) is 9.37. The second-order valence-corrected chi connectivity index (χ2v) is 3.60. The zero-order chi connectivity index (χ0) is 9.68. The third-order valence-electron chi connectivity index (χ3n) is 1.29. The minimum absolute atomic E-state index is 0.308. The van der Waals surface area contributed by atoms with Crippen LogP contribution in [0.3, 0.4) is 0 Å². The molecule has 0 atom stereocenters. The third kappa shape index (κ3) is 2.87. The number of halogens is 1. The Labute approximate surface area is 89.0 Å². The number of hydrogen-bond donors (Lipinski definition) is 0. The highest BCUT2D eigenvalue weighted by molar-refractivity contribution is 9.09. The lowest BCUT2D eigenvalue weighted by molar-refractivity contribution is 0.0606. The summed E-state index contributed by atoms with van der Waals surface area (Å²) in [6.07, 6.45) is 0. The second-order valence-electron chi connectivity index (χ2n) is 2.13. The largest absolute Gasteiger partial charge is 0.465 e. The van der Waals surface area contributed by atoms with Gasteiger partial charge in [0.25, 0.3) is 0 Å². The highest BCUT2D eigenvalue weighted by Crippen LogP contribution is 2.14. The maximum absolute atomic E-state index is 11.0. The van der Waals surface area contributed by atoms with Gasteiger partial charge < -0.3 is 4.74 Å². The lowest BCUT2D eigenvalue weighted by Gasteiger charge is -1.90. The Morgan fingerprint density at radius 1 is 1.77 bits per heavy atom. The number of hydrogen-bond acceptors (Lipinski definition) is 3. The molecule has 0 fully saturated rings. The van der Waals surface area contributed by atoms with E-state index in [4.69, 9.17) is 0 Å². The van der Waals surface area contributed by atoms with E-state index < -0.39 is 0 Å². The number of rotatable bonds is 1. The Balaban J connectivity index is 2.80. The number of carbonyl (C=O) groups is 1. The summed E-state index contributed by atoms with van der Waals surface area (Å²) < 4.78 is 4.57. The summed E-state index contributed by atoms with van der Waals surface area (Å²) in [5.41, 5.74) is 0.852. The highest BCUT2D eigenvalue weighted by atomic mass is 79.9. The van der Waals surface area contributed by atoms with E-state index in [9.17, 15) is 4.79 Å². The molecule has 0 aliphatic carbocycles. The fourth-order valence-electron chi connectivity index (χ4n) is 0.745. The standard InChI is InChI=1S/C9H7BrO2S/c1-12-9(11)8-5-7(6-13-8)3-2-4-10/h5-6H,4H2,1H3. The molecule has 0 saturated heterocycles. The molecule has 0 aliphatic heterocycles. The summed E-state index contributed by atoms with van der Waals surface area (Å²) in [6.45, 7) is 0. The van der Waals surface area contributed by atoms with Gasteiger partial charge in [0.15, 0.2) is 0 Å². The Hall–Kier alpha value is -0.790. The molecule has 0 amide bonds. The van der Waals surface area contributed by atoms with Crippen LogP contribution in [0.25, 0.3) is 0 Å². The molecule has 1 aromatic heterocycles. The van der Waals surface area contributed by atoms with Crippen molar-refractivity contribution in [3.63, 3.8) is 0 Å². The van der Waals surface area contributed by atoms with E-state index in [2.05, 4.69) is 32.5 Å². The highest BCUT2D eigenvalue weighted by Gasteiger charge is 2.07. The van der Waals surface area contributed by atoms with Crippen molar-refractivity contribution in [2.75, 3.05) is 12.4 Å². The molecule has 68 valence electrons. The maximum atomic E-state index is 11.0. The molecule has 1 aromatic rings. The Morgan fingerprint density at radius 3 is 3.15 bits per heavy atom. The smallest absolute Gasteiger partial charge is 0.348 e. The molecule has 1 rings (SSSR count). The number of carbonyl (C=O) groups excluding carboxylic acids is 1. The molecule has 0 aliphatic rings. The van der Waals surface area contributed by atoms with Gasteiger partial charge in [0.2, 0.25) is 0 Å². The number of alkyl halides is 1. The third-order valence-corrected chi connectivity index (χ3v) is 2.48. The summed E-state index contributed by atoms with van der Waals surface area (Å²) in [6, 6.07) is 1.73. The summed E-state index contributed by atoms with van der Waals surface area (Å²) in [7, 11) is 1.37. The summed E-state index contributed by atoms with van der Waals surface area (Å²) in [4.78, 5) is 11.6. The van der Waals surface area contributed by atoms with E-state index in [1.54, 1.807) is 6.07 Å².